The molecule has 2 aliphatic heterocycles. The summed E-state index contributed by atoms with van der Waals surface area (Å²) in [5.41, 5.74) is 3.62. The fourth-order valence-corrected chi connectivity index (χ4v) is 8.02. The highest BCUT2D eigenvalue weighted by molar-refractivity contribution is 6.11. The Morgan fingerprint density at radius 3 is 2.10 bits per heavy atom. The number of carbonyl (C=O) groups excluding carboxylic acids is 6. The number of aliphatic hydroxyl groups is 1. The van der Waals surface area contributed by atoms with Gasteiger partial charge in [-0.05, 0) is 47.3 Å². The largest absolute Gasteiger partial charge is 0.463 e. The second kappa shape index (κ2) is 17.0. The van der Waals surface area contributed by atoms with Crippen molar-refractivity contribution in [2.24, 2.45) is 0 Å². The lowest BCUT2D eigenvalue weighted by Crippen LogP contribution is -2.63. The number of fused-ring (bicyclic) bond motifs is 5. The molecule has 0 spiro atoms. The molecular formula is C45H42N4O13. The van der Waals surface area contributed by atoms with Gasteiger partial charge >= 0.3 is 23.9 Å². The Balaban J connectivity index is 1.13. The number of hydrogen-bond acceptors (Lipinski definition) is 13. The van der Waals surface area contributed by atoms with Crippen LogP contribution >= 0.6 is 0 Å². The minimum atomic E-state index is -1.55. The quantitative estimate of drug-likeness (QED) is 0.104. The van der Waals surface area contributed by atoms with Gasteiger partial charge in [-0.3, -0.25) is 28.8 Å². The first kappa shape index (κ1) is 41.5. The molecule has 0 bridgehead atoms. The van der Waals surface area contributed by atoms with Gasteiger partial charge in [0.1, 0.15) is 29.8 Å². The third-order valence-corrected chi connectivity index (χ3v) is 10.5. The van der Waals surface area contributed by atoms with Crippen molar-refractivity contribution in [3.05, 3.63) is 102 Å². The number of anilines is 2. The summed E-state index contributed by atoms with van der Waals surface area (Å²) in [7, 11) is 0. The second-order valence-electron chi connectivity index (χ2n) is 15.1. The highest BCUT2D eigenvalue weighted by atomic mass is 16.7. The minimum Gasteiger partial charge on any atom is -0.463 e. The summed E-state index contributed by atoms with van der Waals surface area (Å²) in [6.07, 6.45) is -7.91. The van der Waals surface area contributed by atoms with E-state index in [1.807, 2.05) is 30.3 Å². The van der Waals surface area contributed by atoms with Crippen LogP contribution in [0.5, 0.6) is 5.75 Å². The predicted octanol–water partition coefficient (Wildman–Crippen LogP) is 5.08. The first-order valence-corrected chi connectivity index (χ1v) is 19.8. The standard InChI is InChI=1S/C45H42N4O13/c1-22(50)57-21-39-40(58-23(2)51)41(59-24(3)52)42(60-25(4)53)45(62-39)61-38-19-37-32(30-10-6-7-11-31(30)38)18-29(54)20-49(37)44(56)36-17-27-15-28(13-14-34(27)48-36)46-43(55)35-16-26-9-5-8-12-33(26)47-35/h5-17,19,29,39-42,45,47-48,54H,18,20-21H2,1-4H3,(H,46,55)/t29?,39?,40-,41?,42?,45+/m0/s1. The van der Waals surface area contributed by atoms with Crippen LogP contribution in [-0.4, -0.2) is 101 Å². The number of nitrogens with one attached hydrogen (secondary N) is 3. The zero-order chi connectivity index (χ0) is 43.8. The van der Waals surface area contributed by atoms with Crippen molar-refractivity contribution in [2.45, 2.75) is 70.9 Å². The predicted molar refractivity (Wildman–Crippen MR) is 222 cm³/mol. The van der Waals surface area contributed by atoms with Gasteiger partial charge in [-0.1, -0.05) is 42.5 Å². The van der Waals surface area contributed by atoms with Gasteiger partial charge in [-0.15, -0.1) is 0 Å². The molecule has 0 saturated carbocycles. The average Bonchev–Trinajstić information content (AvgIpc) is 3.86. The Labute approximate surface area is 353 Å². The molecule has 0 aliphatic carbocycles. The zero-order valence-electron chi connectivity index (χ0n) is 34.0. The van der Waals surface area contributed by atoms with Crippen LogP contribution in [0.3, 0.4) is 0 Å². The molecular weight excluding hydrogens is 805 g/mol. The van der Waals surface area contributed by atoms with E-state index in [2.05, 4.69) is 15.3 Å². The number of amides is 2. The lowest BCUT2D eigenvalue weighted by atomic mass is 9.92. The molecule has 1 saturated heterocycles. The molecule has 8 rings (SSSR count). The highest BCUT2D eigenvalue weighted by Gasteiger charge is 2.53. The number of rotatable bonds is 10. The van der Waals surface area contributed by atoms with Crippen LogP contribution in [0.15, 0.2) is 84.9 Å². The van der Waals surface area contributed by atoms with Crippen molar-refractivity contribution >= 4 is 79.6 Å². The van der Waals surface area contributed by atoms with Gasteiger partial charge in [0.15, 0.2) is 12.2 Å². The van der Waals surface area contributed by atoms with E-state index in [0.717, 1.165) is 31.7 Å². The van der Waals surface area contributed by atoms with E-state index < -0.39 is 73.2 Å². The smallest absolute Gasteiger partial charge is 0.303 e. The summed E-state index contributed by atoms with van der Waals surface area (Å²) in [6.45, 7) is 4.01. The molecule has 4 N–H and O–H groups in total. The summed E-state index contributed by atoms with van der Waals surface area (Å²) < 4.78 is 34.7. The lowest BCUT2D eigenvalue weighted by molar-refractivity contribution is -0.288. The Kier molecular flexibility index (Phi) is 11.4. The number of β-amino-alcohol motifs (C(OH)–C–C–N with tert-alkyl or cyclic N) is 1. The van der Waals surface area contributed by atoms with Gasteiger partial charge in [0.05, 0.1) is 18.3 Å². The minimum absolute atomic E-state index is 0.0795. The maximum atomic E-state index is 14.5. The summed E-state index contributed by atoms with van der Waals surface area (Å²) in [5.74, 6) is -3.70. The van der Waals surface area contributed by atoms with Crippen LogP contribution in [0.2, 0.25) is 0 Å². The highest BCUT2D eigenvalue weighted by Crippen LogP contribution is 2.42. The summed E-state index contributed by atoms with van der Waals surface area (Å²) in [4.78, 5) is 84.5. The lowest BCUT2D eigenvalue weighted by Gasteiger charge is -2.44. The molecule has 4 heterocycles. The van der Waals surface area contributed by atoms with E-state index in [-0.39, 0.29) is 30.3 Å². The Hall–Kier alpha value is -7.24. The number of esters is 4. The molecule has 4 unspecified atom stereocenters. The van der Waals surface area contributed by atoms with Crippen LogP contribution in [0, 0.1) is 0 Å². The zero-order valence-corrected chi connectivity index (χ0v) is 34.0. The van der Waals surface area contributed by atoms with Crippen molar-refractivity contribution < 1.29 is 62.3 Å². The molecule has 4 aromatic carbocycles. The fraction of sp³-hybridized carbons (Fsp3) is 0.289. The van der Waals surface area contributed by atoms with Crippen molar-refractivity contribution in [3.63, 3.8) is 0 Å². The summed E-state index contributed by atoms with van der Waals surface area (Å²) >= 11 is 0. The number of aromatic nitrogens is 2. The number of benzene rings is 4. The summed E-state index contributed by atoms with van der Waals surface area (Å²) in [6, 6.07) is 24.9. The van der Waals surface area contributed by atoms with Crippen LogP contribution in [0.25, 0.3) is 32.6 Å². The number of ether oxygens (including phenoxy) is 6. The van der Waals surface area contributed by atoms with E-state index >= 15 is 0 Å². The van der Waals surface area contributed by atoms with Crippen molar-refractivity contribution in [1.29, 1.82) is 0 Å². The van der Waals surface area contributed by atoms with E-state index in [0.29, 0.717) is 44.3 Å². The molecule has 2 aliphatic rings. The van der Waals surface area contributed by atoms with Gasteiger partial charge in [0.25, 0.3) is 11.8 Å². The third kappa shape index (κ3) is 8.53. The van der Waals surface area contributed by atoms with Crippen LogP contribution in [0.1, 0.15) is 54.2 Å². The van der Waals surface area contributed by atoms with Crippen LogP contribution < -0.4 is 15.0 Å². The SMILES string of the molecule is CC(=O)OCC1O[C@@H](Oc2cc3c(c4ccccc24)CC(O)CN3C(=O)c2cc3cc(NC(=O)c4cc5ccccc5[nH]4)ccc3[nH]2)C(OC(C)=O)C(OC(C)=O)[C@H]1OC(C)=O. The monoisotopic (exact) mass is 846 g/mol. The molecule has 0 radical (unpaired) electrons. The van der Waals surface area contributed by atoms with Gasteiger partial charge < -0.3 is 53.7 Å². The van der Waals surface area contributed by atoms with Crippen molar-refractivity contribution in [2.75, 3.05) is 23.4 Å². The van der Waals surface area contributed by atoms with Crippen LogP contribution in [-0.2, 0) is 49.3 Å². The number of carbonyl (C=O) groups is 6. The molecule has 17 nitrogen and oxygen atoms in total. The van der Waals surface area contributed by atoms with Crippen molar-refractivity contribution in [3.8, 4) is 5.75 Å². The van der Waals surface area contributed by atoms with Gasteiger partial charge in [-0.2, -0.15) is 0 Å². The molecule has 320 valence electrons. The van der Waals surface area contributed by atoms with Gasteiger partial charge in [0, 0.05) is 73.1 Å². The fourth-order valence-electron chi connectivity index (χ4n) is 8.02. The topological polar surface area (TPSA) is 225 Å². The third-order valence-electron chi connectivity index (χ3n) is 10.5. The maximum absolute atomic E-state index is 14.5. The average molecular weight is 847 g/mol. The molecule has 6 aromatic rings. The summed E-state index contributed by atoms with van der Waals surface area (Å²) in [5, 5.41) is 16.8. The molecule has 2 aromatic heterocycles. The molecule has 62 heavy (non-hydrogen) atoms. The Bertz CT molecular complexity index is 2730. The van der Waals surface area contributed by atoms with Gasteiger partial charge in [-0.25, -0.2) is 0 Å². The second-order valence-corrected chi connectivity index (χ2v) is 15.1. The Morgan fingerprint density at radius 2 is 1.37 bits per heavy atom. The molecule has 1 fully saturated rings. The number of para-hydroxylation sites is 1. The molecule has 17 heteroatoms. The maximum Gasteiger partial charge on any atom is 0.303 e. The van der Waals surface area contributed by atoms with E-state index in [9.17, 15) is 33.9 Å². The number of H-pyrrole nitrogens is 2. The number of hydrogen-bond donors (Lipinski definition) is 4. The normalized spacial score (nSPS) is 20.9. The first-order chi connectivity index (χ1) is 29.7. The van der Waals surface area contributed by atoms with Crippen LogP contribution in [0.4, 0.5) is 11.4 Å². The molecule has 2 amide bonds. The Morgan fingerprint density at radius 1 is 0.726 bits per heavy atom. The van der Waals surface area contributed by atoms with E-state index in [1.165, 1.54) is 11.8 Å². The van der Waals surface area contributed by atoms with E-state index in [1.54, 1.807) is 54.6 Å². The number of nitrogens with zero attached hydrogens (tertiary/aromatic N) is 1. The van der Waals surface area contributed by atoms with Gasteiger partial charge in [0.2, 0.25) is 12.4 Å². The molecule has 6 atom stereocenters. The van der Waals surface area contributed by atoms with Crippen molar-refractivity contribution in [1.82, 2.24) is 9.97 Å². The number of aromatic amines is 2. The number of aliphatic hydroxyl groups excluding tert-OH is 1. The van der Waals surface area contributed by atoms with E-state index in [4.69, 9.17) is 28.4 Å². The first-order valence-electron chi connectivity index (χ1n) is 19.8.